The first-order valence-electron chi connectivity index (χ1n) is 5.02. The molecule has 0 spiro atoms. The number of carbonyl (C=O) groups is 2. The number of carbonyl (C=O) groups excluding carboxylic acids is 2. The van der Waals surface area contributed by atoms with E-state index in [1.807, 2.05) is 13.8 Å². The fraction of sp³-hybridized carbons (Fsp3) is 0.333. The molecular weight excluding hydrogens is 204 g/mol. The second-order valence-electron chi connectivity index (χ2n) is 3.87. The first-order valence-corrected chi connectivity index (χ1v) is 5.02. The summed E-state index contributed by atoms with van der Waals surface area (Å²) in [6.07, 6.45) is 0. The van der Waals surface area contributed by atoms with E-state index in [0.29, 0.717) is 11.4 Å². The van der Waals surface area contributed by atoms with Gasteiger partial charge in [-0.05, 0) is 37.1 Å². The second-order valence-corrected chi connectivity index (χ2v) is 3.87. The number of nitrogen functional groups attached to an aromatic ring is 1. The van der Waals surface area contributed by atoms with Gasteiger partial charge >= 0.3 is 0 Å². The maximum Gasteiger partial charge on any atom is 0.230 e. The standard InChI is InChI=1S/C12H16N2O2/c1-7-6-12(8(2)5-11(7)13)14(9(3)15)10(4)16/h5-6H,13H2,1-4H3. The molecule has 0 aliphatic heterocycles. The third-order valence-corrected chi connectivity index (χ3v) is 2.46. The van der Waals surface area contributed by atoms with E-state index < -0.39 is 0 Å². The number of imide groups is 1. The van der Waals surface area contributed by atoms with Gasteiger partial charge in [0.25, 0.3) is 0 Å². The molecule has 1 rings (SSSR count). The van der Waals surface area contributed by atoms with Crippen molar-refractivity contribution in [1.82, 2.24) is 0 Å². The van der Waals surface area contributed by atoms with E-state index in [2.05, 4.69) is 0 Å². The summed E-state index contributed by atoms with van der Waals surface area (Å²) in [6, 6.07) is 3.52. The van der Waals surface area contributed by atoms with Crippen LogP contribution in [0.2, 0.25) is 0 Å². The van der Waals surface area contributed by atoms with Crippen molar-refractivity contribution in [2.45, 2.75) is 27.7 Å². The Kier molecular flexibility index (Phi) is 3.32. The van der Waals surface area contributed by atoms with Crippen LogP contribution in [-0.2, 0) is 9.59 Å². The number of anilines is 2. The average molecular weight is 220 g/mol. The summed E-state index contributed by atoms with van der Waals surface area (Å²) in [7, 11) is 0. The van der Waals surface area contributed by atoms with Crippen LogP contribution in [0.4, 0.5) is 11.4 Å². The number of hydrogen-bond donors (Lipinski definition) is 1. The Morgan fingerprint density at radius 3 is 2.00 bits per heavy atom. The number of benzene rings is 1. The summed E-state index contributed by atoms with van der Waals surface area (Å²) in [5.74, 6) is -0.584. The second kappa shape index (κ2) is 4.35. The maximum absolute atomic E-state index is 11.4. The van der Waals surface area contributed by atoms with Crippen LogP contribution in [0.25, 0.3) is 0 Å². The van der Waals surface area contributed by atoms with Gasteiger partial charge in [0, 0.05) is 19.5 Å². The van der Waals surface area contributed by atoms with Crippen LogP contribution >= 0.6 is 0 Å². The zero-order chi connectivity index (χ0) is 12.5. The number of rotatable bonds is 1. The molecule has 0 bridgehead atoms. The first-order chi connectivity index (χ1) is 7.34. The van der Waals surface area contributed by atoms with Crippen molar-refractivity contribution in [3.05, 3.63) is 23.3 Å². The van der Waals surface area contributed by atoms with Crippen molar-refractivity contribution in [3.8, 4) is 0 Å². The number of aryl methyl sites for hydroxylation is 2. The summed E-state index contributed by atoms with van der Waals surface area (Å²) in [5, 5.41) is 0. The third-order valence-electron chi connectivity index (χ3n) is 2.46. The van der Waals surface area contributed by atoms with Gasteiger partial charge < -0.3 is 5.73 Å². The van der Waals surface area contributed by atoms with Crippen molar-refractivity contribution < 1.29 is 9.59 Å². The lowest BCUT2D eigenvalue weighted by molar-refractivity contribution is -0.124. The molecule has 86 valence electrons. The SMILES string of the molecule is CC(=O)N(C(C)=O)c1cc(C)c(N)cc1C. The van der Waals surface area contributed by atoms with Gasteiger partial charge in [-0.15, -0.1) is 0 Å². The molecule has 0 atom stereocenters. The van der Waals surface area contributed by atoms with Crippen molar-refractivity contribution in [2.24, 2.45) is 0 Å². The van der Waals surface area contributed by atoms with E-state index in [9.17, 15) is 9.59 Å². The van der Waals surface area contributed by atoms with E-state index in [-0.39, 0.29) is 11.8 Å². The highest BCUT2D eigenvalue weighted by Crippen LogP contribution is 2.26. The molecule has 0 saturated heterocycles. The van der Waals surface area contributed by atoms with Gasteiger partial charge in [-0.1, -0.05) is 0 Å². The fourth-order valence-electron chi connectivity index (χ4n) is 1.63. The van der Waals surface area contributed by atoms with Gasteiger partial charge in [0.2, 0.25) is 11.8 Å². The highest BCUT2D eigenvalue weighted by molar-refractivity contribution is 6.13. The van der Waals surface area contributed by atoms with Gasteiger partial charge in [-0.3, -0.25) is 14.5 Å². The molecule has 0 fully saturated rings. The van der Waals surface area contributed by atoms with Crippen LogP contribution in [0.1, 0.15) is 25.0 Å². The lowest BCUT2D eigenvalue weighted by Gasteiger charge is -2.20. The largest absolute Gasteiger partial charge is 0.399 e. The molecule has 0 aliphatic carbocycles. The molecule has 0 unspecified atom stereocenters. The smallest absolute Gasteiger partial charge is 0.230 e. The Morgan fingerprint density at radius 2 is 1.56 bits per heavy atom. The minimum absolute atomic E-state index is 0.292. The maximum atomic E-state index is 11.4. The number of nitrogens with two attached hydrogens (primary N) is 1. The molecule has 0 aliphatic rings. The number of nitrogens with zero attached hydrogens (tertiary/aromatic N) is 1. The van der Waals surface area contributed by atoms with E-state index in [0.717, 1.165) is 16.0 Å². The van der Waals surface area contributed by atoms with E-state index >= 15 is 0 Å². The van der Waals surface area contributed by atoms with Crippen LogP contribution < -0.4 is 10.6 Å². The molecule has 0 saturated carbocycles. The molecule has 16 heavy (non-hydrogen) atoms. The van der Waals surface area contributed by atoms with Crippen molar-refractivity contribution in [3.63, 3.8) is 0 Å². The van der Waals surface area contributed by atoms with Gasteiger partial charge in [0.15, 0.2) is 0 Å². The molecule has 0 radical (unpaired) electrons. The van der Waals surface area contributed by atoms with Crippen molar-refractivity contribution in [2.75, 3.05) is 10.6 Å². The summed E-state index contributed by atoms with van der Waals surface area (Å²) in [5.41, 5.74) is 8.69. The Morgan fingerprint density at radius 1 is 1.06 bits per heavy atom. The topological polar surface area (TPSA) is 63.4 Å². The van der Waals surface area contributed by atoms with Gasteiger partial charge in [0.05, 0.1) is 5.69 Å². The lowest BCUT2D eigenvalue weighted by Crippen LogP contribution is -2.33. The van der Waals surface area contributed by atoms with Gasteiger partial charge in [-0.2, -0.15) is 0 Å². The quantitative estimate of drug-likeness (QED) is 0.734. The van der Waals surface area contributed by atoms with E-state index in [1.165, 1.54) is 13.8 Å². The minimum Gasteiger partial charge on any atom is -0.399 e. The fourth-order valence-corrected chi connectivity index (χ4v) is 1.63. The Bertz CT molecular complexity index is 439. The van der Waals surface area contributed by atoms with Crippen molar-refractivity contribution in [1.29, 1.82) is 0 Å². The minimum atomic E-state index is -0.292. The Hall–Kier alpha value is -1.84. The lowest BCUT2D eigenvalue weighted by atomic mass is 10.1. The van der Waals surface area contributed by atoms with Gasteiger partial charge in [-0.25, -0.2) is 0 Å². The number of hydrogen-bond acceptors (Lipinski definition) is 3. The molecule has 1 aromatic carbocycles. The van der Waals surface area contributed by atoms with Crippen molar-refractivity contribution >= 4 is 23.2 Å². The van der Waals surface area contributed by atoms with Crippen LogP contribution in [0.3, 0.4) is 0 Å². The molecule has 4 nitrogen and oxygen atoms in total. The van der Waals surface area contributed by atoms with E-state index in [4.69, 9.17) is 5.73 Å². The third kappa shape index (κ3) is 2.21. The molecule has 4 heteroatoms. The van der Waals surface area contributed by atoms with Crippen LogP contribution in [0.5, 0.6) is 0 Å². The van der Waals surface area contributed by atoms with E-state index in [1.54, 1.807) is 12.1 Å². The first kappa shape index (κ1) is 12.2. The molecular formula is C12H16N2O2. The Labute approximate surface area is 95.0 Å². The summed E-state index contributed by atoms with van der Waals surface area (Å²) >= 11 is 0. The van der Waals surface area contributed by atoms with Gasteiger partial charge in [0.1, 0.15) is 0 Å². The molecule has 0 heterocycles. The predicted octanol–water partition coefficient (Wildman–Crippen LogP) is 1.79. The monoisotopic (exact) mass is 220 g/mol. The van der Waals surface area contributed by atoms with Crippen LogP contribution in [0, 0.1) is 13.8 Å². The average Bonchev–Trinajstić information content (AvgIpc) is 2.12. The summed E-state index contributed by atoms with van der Waals surface area (Å²) in [6.45, 7) is 6.40. The molecule has 1 aromatic rings. The highest BCUT2D eigenvalue weighted by Gasteiger charge is 2.18. The van der Waals surface area contributed by atoms with Crippen LogP contribution in [-0.4, -0.2) is 11.8 Å². The predicted molar refractivity (Wildman–Crippen MR) is 64.2 cm³/mol. The summed E-state index contributed by atoms with van der Waals surface area (Å²) in [4.78, 5) is 24.0. The molecule has 2 N–H and O–H groups in total. The zero-order valence-corrected chi connectivity index (χ0v) is 10.00. The Balaban J connectivity index is 3.35. The normalized spacial score (nSPS) is 10.0. The zero-order valence-electron chi connectivity index (χ0n) is 10.00. The molecule has 0 aromatic heterocycles. The van der Waals surface area contributed by atoms with Crippen LogP contribution in [0.15, 0.2) is 12.1 Å². The highest BCUT2D eigenvalue weighted by atomic mass is 16.2. The summed E-state index contributed by atoms with van der Waals surface area (Å²) < 4.78 is 0. The molecule has 2 amide bonds. The number of amides is 2.